The molecule has 3 rings (SSSR count). The molecule has 0 atom stereocenters. The van der Waals surface area contributed by atoms with Gasteiger partial charge in [-0.1, -0.05) is 11.6 Å². The Morgan fingerprint density at radius 1 is 1.00 bits per heavy atom. The number of ether oxygens (including phenoxy) is 2. The van der Waals surface area contributed by atoms with Crippen molar-refractivity contribution in [2.24, 2.45) is 0 Å². The molecule has 0 aliphatic carbocycles. The zero-order valence-electron chi connectivity index (χ0n) is 21.4. The second kappa shape index (κ2) is 12.1. The maximum atomic E-state index is 14.0. The molecular weight excluding hydrogens is 518 g/mol. The van der Waals surface area contributed by atoms with Crippen LogP contribution in [-0.4, -0.2) is 70.6 Å². The lowest BCUT2D eigenvalue weighted by Crippen LogP contribution is -2.43. The summed E-state index contributed by atoms with van der Waals surface area (Å²) in [6, 6.07) is 9.26. The molecule has 0 N–H and O–H groups in total. The number of amides is 1. The molecule has 1 heterocycles. The molecule has 0 saturated heterocycles. The first-order chi connectivity index (χ1) is 17.6. The van der Waals surface area contributed by atoms with E-state index in [2.05, 4.69) is 9.97 Å². The number of carbonyl (C=O) groups is 1. The minimum absolute atomic E-state index is 0.0798. The van der Waals surface area contributed by atoms with E-state index in [4.69, 9.17) is 21.1 Å². The van der Waals surface area contributed by atoms with Gasteiger partial charge in [0.2, 0.25) is 5.91 Å². The van der Waals surface area contributed by atoms with Crippen molar-refractivity contribution < 1.29 is 22.7 Å². The molecule has 0 radical (unpaired) electrons. The van der Waals surface area contributed by atoms with Gasteiger partial charge < -0.3 is 19.3 Å². The summed E-state index contributed by atoms with van der Waals surface area (Å²) in [5.74, 6) is 0.197. The number of carbonyl (C=O) groups excluding carboxylic acids is 1. The number of hydrogen-bond acceptors (Lipinski definition) is 8. The van der Waals surface area contributed by atoms with Gasteiger partial charge in [-0.15, -0.1) is 0 Å². The first-order valence-electron chi connectivity index (χ1n) is 11.4. The Morgan fingerprint density at radius 3 is 2.27 bits per heavy atom. The Bertz CT molecular complexity index is 1340. The molecule has 1 aromatic heterocycles. The van der Waals surface area contributed by atoms with Crippen LogP contribution >= 0.6 is 11.6 Å². The van der Waals surface area contributed by atoms with Crippen molar-refractivity contribution >= 4 is 38.9 Å². The molecule has 198 valence electrons. The van der Waals surface area contributed by atoms with E-state index in [1.807, 2.05) is 25.9 Å². The van der Waals surface area contributed by atoms with Crippen LogP contribution < -0.4 is 18.7 Å². The standard InChI is InChI=1S/C25H30ClN5O5S/c1-6-30(15-18-13-27-17-28-14-18)25(32)16-31(22-11-19(29(2)3)7-9-21(22)26)37(33,34)20-8-10-23(35-4)24(12-20)36-5/h7-14,17H,6,15-16H2,1-5H3. The van der Waals surface area contributed by atoms with Gasteiger partial charge in [0.05, 0.1) is 29.8 Å². The van der Waals surface area contributed by atoms with Crippen molar-refractivity contribution in [3.8, 4) is 11.5 Å². The molecule has 0 bridgehead atoms. The van der Waals surface area contributed by atoms with E-state index in [1.54, 1.807) is 30.6 Å². The normalized spacial score (nSPS) is 11.1. The largest absolute Gasteiger partial charge is 0.493 e. The predicted molar refractivity (Wildman–Crippen MR) is 143 cm³/mol. The van der Waals surface area contributed by atoms with E-state index < -0.39 is 22.5 Å². The van der Waals surface area contributed by atoms with Crippen LogP contribution in [0, 0.1) is 0 Å². The zero-order valence-corrected chi connectivity index (χ0v) is 23.0. The van der Waals surface area contributed by atoms with Crippen molar-refractivity contribution in [3.63, 3.8) is 0 Å². The molecule has 2 aromatic carbocycles. The number of anilines is 2. The van der Waals surface area contributed by atoms with Gasteiger partial charge >= 0.3 is 0 Å². The molecule has 37 heavy (non-hydrogen) atoms. The number of rotatable bonds is 11. The molecule has 0 fully saturated rings. The summed E-state index contributed by atoms with van der Waals surface area (Å²) in [5, 5.41) is 0.182. The number of aromatic nitrogens is 2. The van der Waals surface area contributed by atoms with Crippen LogP contribution in [0.4, 0.5) is 11.4 Å². The first kappa shape index (κ1) is 28.0. The van der Waals surface area contributed by atoms with Crippen LogP contribution in [0.25, 0.3) is 0 Å². The van der Waals surface area contributed by atoms with Gasteiger partial charge in [-0.2, -0.15) is 0 Å². The smallest absolute Gasteiger partial charge is 0.264 e. The lowest BCUT2D eigenvalue weighted by molar-refractivity contribution is -0.129. The number of halogens is 1. The Kier molecular flexibility index (Phi) is 9.17. The molecule has 1 amide bonds. The van der Waals surface area contributed by atoms with Crippen molar-refractivity contribution in [1.29, 1.82) is 0 Å². The summed E-state index contributed by atoms with van der Waals surface area (Å²) in [6.45, 7) is 1.92. The highest BCUT2D eigenvalue weighted by Gasteiger charge is 2.31. The van der Waals surface area contributed by atoms with Crippen LogP contribution in [0.1, 0.15) is 12.5 Å². The molecule has 0 aliphatic rings. The van der Waals surface area contributed by atoms with Crippen LogP contribution in [-0.2, 0) is 21.4 Å². The average molecular weight is 548 g/mol. The number of benzene rings is 2. The Morgan fingerprint density at radius 2 is 1.68 bits per heavy atom. The average Bonchev–Trinajstić information content (AvgIpc) is 2.90. The highest BCUT2D eigenvalue weighted by molar-refractivity contribution is 7.92. The van der Waals surface area contributed by atoms with E-state index in [9.17, 15) is 13.2 Å². The van der Waals surface area contributed by atoms with E-state index in [-0.39, 0.29) is 27.9 Å². The molecule has 3 aromatic rings. The van der Waals surface area contributed by atoms with Crippen LogP contribution in [0.15, 0.2) is 60.0 Å². The fourth-order valence-electron chi connectivity index (χ4n) is 3.61. The van der Waals surface area contributed by atoms with Crippen LogP contribution in [0.5, 0.6) is 11.5 Å². The van der Waals surface area contributed by atoms with Crippen molar-refractivity contribution in [3.05, 3.63) is 65.7 Å². The molecule has 12 heteroatoms. The lowest BCUT2D eigenvalue weighted by atomic mass is 10.2. The number of sulfonamides is 1. The Hall–Kier alpha value is -3.57. The molecule has 0 saturated carbocycles. The number of methoxy groups -OCH3 is 2. The topological polar surface area (TPSA) is 105 Å². The third-order valence-corrected chi connectivity index (χ3v) is 7.73. The van der Waals surface area contributed by atoms with Crippen molar-refractivity contribution in [2.75, 3.05) is 50.6 Å². The van der Waals surface area contributed by atoms with Gasteiger partial charge in [-0.3, -0.25) is 9.10 Å². The van der Waals surface area contributed by atoms with Gasteiger partial charge in [-0.25, -0.2) is 18.4 Å². The predicted octanol–water partition coefficient (Wildman–Crippen LogP) is 3.46. The highest BCUT2D eigenvalue weighted by atomic mass is 35.5. The summed E-state index contributed by atoms with van der Waals surface area (Å²) in [7, 11) is 2.26. The summed E-state index contributed by atoms with van der Waals surface area (Å²) in [5.41, 5.74) is 1.61. The first-order valence-corrected chi connectivity index (χ1v) is 13.2. The molecule has 0 spiro atoms. The van der Waals surface area contributed by atoms with Crippen LogP contribution in [0.2, 0.25) is 5.02 Å². The van der Waals surface area contributed by atoms with Crippen molar-refractivity contribution in [2.45, 2.75) is 18.4 Å². The minimum atomic E-state index is -4.26. The third kappa shape index (κ3) is 6.41. The van der Waals surface area contributed by atoms with Gasteiger partial charge in [0, 0.05) is 56.9 Å². The fourth-order valence-corrected chi connectivity index (χ4v) is 5.32. The maximum Gasteiger partial charge on any atom is 0.264 e. The van der Waals surface area contributed by atoms with Gasteiger partial charge in [-0.05, 0) is 37.3 Å². The van der Waals surface area contributed by atoms with Crippen LogP contribution in [0.3, 0.4) is 0 Å². The van der Waals surface area contributed by atoms with E-state index in [1.165, 1.54) is 43.6 Å². The number of hydrogen-bond donors (Lipinski definition) is 0. The summed E-state index contributed by atoms with van der Waals surface area (Å²) < 4.78 is 39.6. The molecule has 0 unspecified atom stereocenters. The molecule has 10 nitrogen and oxygen atoms in total. The quantitative estimate of drug-likeness (QED) is 0.359. The van der Waals surface area contributed by atoms with Gasteiger partial charge in [0.15, 0.2) is 11.5 Å². The summed E-state index contributed by atoms with van der Waals surface area (Å²) >= 11 is 6.51. The SMILES string of the molecule is CCN(Cc1cncnc1)C(=O)CN(c1cc(N(C)C)ccc1Cl)S(=O)(=O)c1ccc(OC)c(OC)c1. The fraction of sp³-hybridized carbons (Fsp3) is 0.320. The summed E-state index contributed by atoms with van der Waals surface area (Å²) in [6.07, 6.45) is 4.62. The van der Waals surface area contributed by atoms with E-state index >= 15 is 0 Å². The second-order valence-corrected chi connectivity index (χ2v) is 10.5. The lowest BCUT2D eigenvalue weighted by Gasteiger charge is -2.29. The van der Waals surface area contributed by atoms with Crippen molar-refractivity contribution in [1.82, 2.24) is 14.9 Å². The highest BCUT2D eigenvalue weighted by Crippen LogP contribution is 2.36. The number of likely N-dealkylation sites (N-methyl/N-ethyl adjacent to an activating group) is 1. The van der Waals surface area contributed by atoms with Gasteiger partial charge in [0.1, 0.15) is 12.9 Å². The Labute approximate surface area is 222 Å². The minimum Gasteiger partial charge on any atom is -0.493 e. The monoisotopic (exact) mass is 547 g/mol. The third-order valence-electron chi connectivity index (χ3n) is 5.66. The van der Waals surface area contributed by atoms with Gasteiger partial charge in [0.25, 0.3) is 10.0 Å². The summed E-state index contributed by atoms with van der Waals surface area (Å²) in [4.78, 5) is 24.7. The van der Waals surface area contributed by atoms with E-state index in [0.717, 1.165) is 9.87 Å². The Balaban J connectivity index is 2.09. The number of nitrogens with zero attached hydrogens (tertiary/aromatic N) is 5. The maximum absolute atomic E-state index is 14.0. The zero-order chi connectivity index (χ0) is 27.2. The second-order valence-electron chi connectivity index (χ2n) is 8.21. The molecular formula is C25H30ClN5O5S. The van der Waals surface area contributed by atoms with E-state index in [0.29, 0.717) is 18.0 Å². The molecule has 0 aliphatic heterocycles.